The summed E-state index contributed by atoms with van der Waals surface area (Å²) < 4.78 is 12.0. The van der Waals surface area contributed by atoms with Crippen molar-refractivity contribution in [1.29, 1.82) is 0 Å². The Hall–Kier alpha value is -1.91. The molecule has 2 aromatic rings. The van der Waals surface area contributed by atoms with Gasteiger partial charge in [-0.15, -0.1) is 0 Å². The van der Waals surface area contributed by atoms with E-state index in [1.807, 2.05) is 38.2 Å². The molecule has 0 radical (unpaired) electrons. The average Bonchev–Trinajstić information content (AvgIpc) is 2.62. The van der Waals surface area contributed by atoms with E-state index >= 15 is 0 Å². The van der Waals surface area contributed by atoms with Crippen LogP contribution in [0.1, 0.15) is 56.5 Å². The van der Waals surface area contributed by atoms with Crippen LogP contribution in [0.2, 0.25) is 0 Å². The summed E-state index contributed by atoms with van der Waals surface area (Å²) in [6.45, 7) is 11.9. The van der Waals surface area contributed by atoms with Gasteiger partial charge in [0.15, 0.2) is 0 Å². The minimum Gasteiger partial charge on any atom is -0.489 e. The molecule has 4 nitrogen and oxygen atoms in total. The van der Waals surface area contributed by atoms with Gasteiger partial charge in [-0.2, -0.15) is 0 Å². The van der Waals surface area contributed by atoms with Gasteiger partial charge in [-0.05, 0) is 30.7 Å². The van der Waals surface area contributed by atoms with Crippen molar-refractivity contribution in [2.75, 3.05) is 6.61 Å². The molecule has 0 amide bonds. The first-order valence-corrected chi connectivity index (χ1v) is 9.70. The third-order valence-electron chi connectivity index (χ3n) is 4.37. The Labute approximate surface area is 163 Å². The second kappa shape index (κ2) is 9.86. The number of hydrogen-bond acceptors (Lipinski definition) is 4. The van der Waals surface area contributed by atoms with Crippen molar-refractivity contribution in [3.8, 4) is 5.75 Å². The first-order valence-electron chi connectivity index (χ1n) is 9.70. The molecular formula is C23H33NO3. The summed E-state index contributed by atoms with van der Waals surface area (Å²) in [5, 5.41) is 9.90. The van der Waals surface area contributed by atoms with Crippen LogP contribution in [-0.2, 0) is 24.4 Å². The number of benzene rings is 1. The Bertz CT molecular complexity index is 708. The number of aliphatic hydroxyl groups excluding tert-OH is 1. The SMILES string of the molecule is CC[C@@H](O)COc1c(C)ncc(COCc2ccccc2)c1CC(C)(C)C. The lowest BCUT2D eigenvalue weighted by Gasteiger charge is -2.24. The molecule has 1 aromatic carbocycles. The molecule has 0 spiro atoms. The summed E-state index contributed by atoms with van der Waals surface area (Å²) >= 11 is 0. The highest BCUT2D eigenvalue weighted by Crippen LogP contribution is 2.32. The average molecular weight is 372 g/mol. The van der Waals surface area contributed by atoms with E-state index in [2.05, 4.69) is 37.9 Å². The third kappa shape index (κ3) is 6.96. The minimum atomic E-state index is -0.468. The van der Waals surface area contributed by atoms with Crippen LogP contribution in [0.5, 0.6) is 5.75 Å². The first kappa shape index (κ1) is 21.4. The van der Waals surface area contributed by atoms with Gasteiger partial charge in [-0.1, -0.05) is 58.0 Å². The molecule has 2 rings (SSSR count). The molecule has 0 aliphatic rings. The lowest BCUT2D eigenvalue weighted by Crippen LogP contribution is -2.19. The molecule has 0 fully saturated rings. The molecule has 4 heteroatoms. The molecule has 1 aromatic heterocycles. The fourth-order valence-electron chi connectivity index (χ4n) is 2.87. The van der Waals surface area contributed by atoms with Crippen LogP contribution in [0.25, 0.3) is 0 Å². The van der Waals surface area contributed by atoms with Crippen LogP contribution >= 0.6 is 0 Å². The van der Waals surface area contributed by atoms with Crippen molar-refractivity contribution in [1.82, 2.24) is 4.98 Å². The van der Waals surface area contributed by atoms with Gasteiger partial charge < -0.3 is 14.6 Å². The molecule has 0 saturated carbocycles. The van der Waals surface area contributed by atoms with Gasteiger partial charge in [-0.25, -0.2) is 0 Å². The summed E-state index contributed by atoms with van der Waals surface area (Å²) in [4.78, 5) is 4.51. The molecule has 27 heavy (non-hydrogen) atoms. The number of nitrogens with zero attached hydrogens (tertiary/aromatic N) is 1. The molecule has 0 unspecified atom stereocenters. The maximum Gasteiger partial charge on any atom is 0.144 e. The molecule has 0 saturated heterocycles. The maximum atomic E-state index is 9.90. The van der Waals surface area contributed by atoms with E-state index < -0.39 is 6.10 Å². The minimum absolute atomic E-state index is 0.101. The van der Waals surface area contributed by atoms with Gasteiger partial charge in [0.25, 0.3) is 0 Å². The van der Waals surface area contributed by atoms with Crippen LogP contribution in [0.4, 0.5) is 0 Å². The van der Waals surface area contributed by atoms with Crippen LogP contribution in [0.3, 0.4) is 0 Å². The van der Waals surface area contributed by atoms with Gasteiger partial charge in [0.05, 0.1) is 25.0 Å². The van der Waals surface area contributed by atoms with Crippen molar-refractivity contribution in [2.45, 2.75) is 66.8 Å². The fourth-order valence-corrected chi connectivity index (χ4v) is 2.87. The predicted octanol–water partition coefficient (Wildman–Crippen LogP) is 4.85. The standard InChI is InChI=1S/C23H33NO3/c1-6-20(25)16-27-22-17(2)24-13-19(21(22)12-23(3,4)5)15-26-14-18-10-8-7-9-11-18/h7-11,13,20,25H,6,12,14-16H2,1-5H3/t20-/m1/s1. The Morgan fingerprint density at radius 3 is 2.44 bits per heavy atom. The quantitative estimate of drug-likeness (QED) is 0.685. The van der Waals surface area contributed by atoms with Gasteiger partial charge in [-0.3, -0.25) is 4.98 Å². The monoisotopic (exact) mass is 371 g/mol. The molecule has 1 N–H and O–H groups in total. The van der Waals surface area contributed by atoms with E-state index in [1.165, 1.54) is 0 Å². The topological polar surface area (TPSA) is 51.6 Å². The Morgan fingerprint density at radius 2 is 1.81 bits per heavy atom. The van der Waals surface area contributed by atoms with Gasteiger partial charge in [0.2, 0.25) is 0 Å². The Morgan fingerprint density at radius 1 is 1.11 bits per heavy atom. The highest BCUT2D eigenvalue weighted by Gasteiger charge is 2.21. The molecule has 1 atom stereocenters. The molecule has 0 bridgehead atoms. The highest BCUT2D eigenvalue weighted by atomic mass is 16.5. The molecular weight excluding hydrogens is 338 g/mol. The summed E-state index contributed by atoms with van der Waals surface area (Å²) in [5.74, 6) is 0.790. The van der Waals surface area contributed by atoms with E-state index in [-0.39, 0.29) is 12.0 Å². The Kier molecular flexibility index (Phi) is 7.81. The van der Waals surface area contributed by atoms with Crippen LogP contribution in [0.15, 0.2) is 36.5 Å². The number of aromatic nitrogens is 1. The van der Waals surface area contributed by atoms with Crippen LogP contribution < -0.4 is 4.74 Å². The zero-order valence-corrected chi connectivity index (χ0v) is 17.3. The second-order valence-corrected chi connectivity index (χ2v) is 8.27. The van der Waals surface area contributed by atoms with Gasteiger partial charge >= 0.3 is 0 Å². The molecule has 1 heterocycles. The smallest absolute Gasteiger partial charge is 0.144 e. The van der Waals surface area contributed by atoms with E-state index in [1.54, 1.807) is 0 Å². The number of rotatable bonds is 9. The Balaban J connectivity index is 2.20. The summed E-state index contributed by atoms with van der Waals surface area (Å²) in [5.41, 5.74) is 4.28. The van der Waals surface area contributed by atoms with Crippen LogP contribution in [0, 0.1) is 12.3 Å². The predicted molar refractivity (Wildman–Crippen MR) is 109 cm³/mol. The lowest BCUT2D eigenvalue weighted by molar-refractivity contribution is 0.0991. The number of ether oxygens (including phenoxy) is 2. The van der Waals surface area contributed by atoms with Crippen molar-refractivity contribution >= 4 is 0 Å². The molecule has 0 aliphatic carbocycles. The van der Waals surface area contributed by atoms with Crippen molar-refractivity contribution in [3.63, 3.8) is 0 Å². The second-order valence-electron chi connectivity index (χ2n) is 8.27. The third-order valence-corrected chi connectivity index (χ3v) is 4.37. The molecule has 148 valence electrons. The number of aryl methyl sites for hydroxylation is 1. The van der Waals surface area contributed by atoms with Gasteiger partial charge in [0.1, 0.15) is 12.4 Å². The van der Waals surface area contributed by atoms with Crippen molar-refractivity contribution < 1.29 is 14.6 Å². The van der Waals surface area contributed by atoms with E-state index in [0.29, 0.717) is 19.6 Å². The van der Waals surface area contributed by atoms with Gasteiger partial charge in [0, 0.05) is 17.3 Å². The fraction of sp³-hybridized carbons (Fsp3) is 0.522. The van der Waals surface area contributed by atoms with Crippen molar-refractivity contribution in [2.24, 2.45) is 5.41 Å². The maximum absolute atomic E-state index is 9.90. The summed E-state index contributed by atoms with van der Waals surface area (Å²) in [7, 11) is 0. The van der Waals surface area contributed by atoms with E-state index in [9.17, 15) is 5.11 Å². The zero-order chi connectivity index (χ0) is 19.9. The van der Waals surface area contributed by atoms with Crippen molar-refractivity contribution in [3.05, 3.63) is 58.9 Å². The number of aliphatic hydroxyl groups is 1. The molecule has 0 aliphatic heterocycles. The van der Waals surface area contributed by atoms with Crippen LogP contribution in [-0.4, -0.2) is 22.8 Å². The first-order chi connectivity index (χ1) is 12.8. The summed E-state index contributed by atoms with van der Waals surface area (Å²) in [6.07, 6.45) is 2.95. The number of pyridine rings is 1. The lowest BCUT2D eigenvalue weighted by atomic mass is 9.86. The largest absolute Gasteiger partial charge is 0.489 e. The van der Waals surface area contributed by atoms with E-state index in [4.69, 9.17) is 9.47 Å². The van der Waals surface area contributed by atoms with E-state index in [0.717, 1.165) is 34.6 Å². The highest BCUT2D eigenvalue weighted by molar-refractivity contribution is 5.42. The zero-order valence-electron chi connectivity index (χ0n) is 17.3. The number of hydrogen-bond donors (Lipinski definition) is 1. The normalized spacial score (nSPS) is 12.8. The summed E-state index contributed by atoms with van der Waals surface area (Å²) in [6, 6.07) is 10.2.